The Morgan fingerprint density at radius 3 is 3.00 bits per heavy atom. The molecule has 82 valence electrons. The third kappa shape index (κ3) is 2.26. The van der Waals surface area contributed by atoms with Crippen LogP contribution in [0.1, 0.15) is 19.2 Å². The van der Waals surface area contributed by atoms with E-state index < -0.39 is 0 Å². The SMILES string of the molecule is CC1CN(Cc2nccn2C)CCC1=O. The molecule has 0 radical (unpaired) electrons. The summed E-state index contributed by atoms with van der Waals surface area (Å²) in [6, 6.07) is 0. The summed E-state index contributed by atoms with van der Waals surface area (Å²) < 4.78 is 2.03. The van der Waals surface area contributed by atoms with E-state index in [-0.39, 0.29) is 5.92 Å². The van der Waals surface area contributed by atoms with Gasteiger partial charge in [0.15, 0.2) is 0 Å². The minimum atomic E-state index is 0.180. The Hall–Kier alpha value is -1.16. The largest absolute Gasteiger partial charge is 0.337 e. The van der Waals surface area contributed by atoms with Crippen molar-refractivity contribution in [3.8, 4) is 0 Å². The van der Waals surface area contributed by atoms with Crippen LogP contribution in [0.2, 0.25) is 0 Å². The molecule has 0 aromatic carbocycles. The van der Waals surface area contributed by atoms with E-state index in [1.165, 1.54) is 0 Å². The molecule has 1 aliphatic heterocycles. The van der Waals surface area contributed by atoms with Crippen LogP contribution in [0.15, 0.2) is 12.4 Å². The molecule has 0 saturated carbocycles. The van der Waals surface area contributed by atoms with Crippen molar-refractivity contribution < 1.29 is 4.79 Å². The molecule has 1 saturated heterocycles. The summed E-state index contributed by atoms with van der Waals surface area (Å²) in [5, 5.41) is 0. The summed E-state index contributed by atoms with van der Waals surface area (Å²) in [5.74, 6) is 1.64. The van der Waals surface area contributed by atoms with Gasteiger partial charge in [-0.25, -0.2) is 4.98 Å². The molecule has 4 heteroatoms. The van der Waals surface area contributed by atoms with Gasteiger partial charge in [-0.1, -0.05) is 6.92 Å². The number of rotatable bonds is 2. The van der Waals surface area contributed by atoms with Crippen molar-refractivity contribution in [2.75, 3.05) is 13.1 Å². The highest BCUT2D eigenvalue weighted by atomic mass is 16.1. The summed E-state index contributed by atoms with van der Waals surface area (Å²) in [6.45, 7) is 4.59. The zero-order chi connectivity index (χ0) is 10.8. The summed E-state index contributed by atoms with van der Waals surface area (Å²) in [7, 11) is 2.00. The Morgan fingerprint density at radius 1 is 1.60 bits per heavy atom. The van der Waals surface area contributed by atoms with Crippen LogP contribution in [0.25, 0.3) is 0 Å². The molecule has 0 N–H and O–H groups in total. The first kappa shape index (κ1) is 10.4. The minimum absolute atomic E-state index is 0.180. The number of carbonyl (C=O) groups excluding carboxylic acids is 1. The lowest BCUT2D eigenvalue weighted by molar-refractivity contribution is -0.125. The second-order valence-electron chi connectivity index (χ2n) is 4.31. The maximum Gasteiger partial charge on any atom is 0.138 e. The van der Waals surface area contributed by atoms with Gasteiger partial charge in [-0.3, -0.25) is 9.69 Å². The van der Waals surface area contributed by atoms with Gasteiger partial charge in [0.2, 0.25) is 0 Å². The monoisotopic (exact) mass is 207 g/mol. The number of piperidine rings is 1. The third-order valence-corrected chi connectivity index (χ3v) is 3.04. The number of aromatic nitrogens is 2. The molecule has 0 amide bonds. The van der Waals surface area contributed by atoms with Crippen LogP contribution in [0.5, 0.6) is 0 Å². The molecule has 1 aromatic rings. The van der Waals surface area contributed by atoms with E-state index in [2.05, 4.69) is 9.88 Å². The van der Waals surface area contributed by atoms with E-state index in [0.29, 0.717) is 12.2 Å². The van der Waals surface area contributed by atoms with Gasteiger partial charge in [0.05, 0.1) is 6.54 Å². The van der Waals surface area contributed by atoms with Gasteiger partial charge in [-0.15, -0.1) is 0 Å². The van der Waals surface area contributed by atoms with Crippen molar-refractivity contribution in [2.45, 2.75) is 19.9 Å². The molecule has 1 unspecified atom stereocenters. The number of hydrogen-bond acceptors (Lipinski definition) is 3. The van der Waals surface area contributed by atoms with E-state index in [0.717, 1.165) is 25.5 Å². The van der Waals surface area contributed by atoms with Gasteiger partial charge < -0.3 is 4.57 Å². The van der Waals surface area contributed by atoms with Gasteiger partial charge in [-0.05, 0) is 0 Å². The number of likely N-dealkylation sites (tertiary alicyclic amines) is 1. The molecular formula is C11H17N3O. The average molecular weight is 207 g/mol. The second kappa shape index (κ2) is 4.14. The fourth-order valence-corrected chi connectivity index (χ4v) is 1.99. The summed E-state index contributed by atoms with van der Waals surface area (Å²) >= 11 is 0. The van der Waals surface area contributed by atoms with E-state index in [1.807, 2.05) is 30.9 Å². The zero-order valence-electron chi connectivity index (χ0n) is 9.31. The quantitative estimate of drug-likeness (QED) is 0.721. The predicted molar refractivity (Wildman–Crippen MR) is 57.3 cm³/mol. The fraction of sp³-hybridized carbons (Fsp3) is 0.636. The van der Waals surface area contributed by atoms with E-state index in [1.54, 1.807) is 0 Å². The first-order valence-electron chi connectivity index (χ1n) is 5.38. The average Bonchev–Trinajstić information content (AvgIpc) is 2.59. The van der Waals surface area contributed by atoms with E-state index in [4.69, 9.17) is 0 Å². The lowest BCUT2D eigenvalue weighted by Crippen LogP contribution is -2.39. The smallest absolute Gasteiger partial charge is 0.138 e. The molecule has 1 aliphatic rings. The fourth-order valence-electron chi connectivity index (χ4n) is 1.99. The van der Waals surface area contributed by atoms with Crippen molar-refractivity contribution in [3.05, 3.63) is 18.2 Å². The topological polar surface area (TPSA) is 38.1 Å². The van der Waals surface area contributed by atoms with E-state index >= 15 is 0 Å². The van der Waals surface area contributed by atoms with Gasteiger partial charge in [-0.2, -0.15) is 0 Å². The highest BCUT2D eigenvalue weighted by molar-refractivity contribution is 5.81. The Labute approximate surface area is 89.9 Å². The molecule has 1 atom stereocenters. The number of carbonyl (C=O) groups is 1. The van der Waals surface area contributed by atoms with Crippen molar-refractivity contribution in [3.63, 3.8) is 0 Å². The Bertz CT molecular complexity index is 358. The standard InChI is InChI=1S/C11H17N3O/c1-9-7-14(5-3-10(9)15)8-11-12-4-6-13(11)2/h4,6,9H,3,5,7-8H2,1-2H3. The number of Topliss-reactive ketones (excluding diaryl/α,β-unsaturated/α-hetero) is 1. The number of aryl methyl sites for hydroxylation is 1. The minimum Gasteiger partial charge on any atom is -0.337 e. The number of nitrogens with zero attached hydrogens (tertiary/aromatic N) is 3. The van der Waals surface area contributed by atoms with E-state index in [9.17, 15) is 4.79 Å². The van der Waals surface area contributed by atoms with Gasteiger partial charge in [0.25, 0.3) is 0 Å². The van der Waals surface area contributed by atoms with Crippen LogP contribution in [0, 0.1) is 5.92 Å². The second-order valence-corrected chi connectivity index (χ2v) is 4.31. The van der Waals surface area contributed by atoms with Gasteiger partial charge in [0.1, 0.15) is 11.6 Å². The molecular weight excluding hydrogens is 190 g/mol. The predicted octanol–water partition coefficient (Wildman–Crippen LogP) is 0.831. The van der Waals surface area contributed by atoms with Crippen LogP contribution >= 0.6 is 0 Å². The molecule has 1 aromatic heterocycles. The normalized spacial score (nSPS) is 23.3. The van der Waals surface area contributed by atoms with Crippen molar-refractivity contribution in [2.24, 2.45) is 13.0 Å². The van der Waals surface area contributed by atoms with Gasteiger partial charge >= 0.3 is 0 Å². The lowest BCUT2D eigenvalue weighted by atomic mass is 9.99. The maximum absolute atomic E-state index is 11.4. The molecule has 0 spiro atoms. The van der Waals surface area contributed by atoms with Crippen molar-refractivity contribution >= 4 is 5.78 Å². The third-order valence-electron chi connectivity index (χ3n) is 3.04. The maximum atomic E-state index is 11.4. The summed E-state index contributed by atoms with van der Waals surface area (Å²) in [5.41, 5.74) is 0. The number of imidazole rings is 1. The molecule has 4 nitrogen and oxygen atoms in total. The Kier molecular flexibility index (Phi) is 2.86. The number of ketones is 1. The molecule has 15 heavy (non-hydrogen) atoms. The van der Waals surface area contributed by atoms with Crippen LogP contribution in [0.3, 0.4) is 0 Å². The van der Waals surface area contributed by atoms with Gasteiger partial charge in [0, 0.05) is 44.9 Å². The zero-order valence-corrected chi connectivity index (χ0v) is 9.31. The lowest BCUT2D eigenvalue weighted by Gasteiger charge is -2.29. The van der Waals surface area contributed by atoms with Crippen LogP contribution in [0.4, 0.5) is 0 Å². The Morgan fingerprint density at radius 2 is 2.40 bits per heavy atom. The van der Waals surface area contributed by atoms with Crippen LogP contribution in [-0.4, -0.2) is 33.3 Å². The number of hydrogen-bond donors (Lipinski definition) is 0. The molecule has 1 fully saturated rings. The molecule has 2 rings (SSSR count). The first-order valence-corrected chi connectivity index (χ1v) is 5.38. The molecule has 2 heterocycles. The van der Waals surface area contributed by atoms with Crippen LogP contribution < -0.4 is 0 Å². The molecule has 0 aliphatic carbocycles. The van der Waals surface area contributed by atoms with Crippen molar-refractivity contribution in [1.82, 2.24) is 14.5 Å². The summed E-state index contributed by atoms with van der Waals surface area (Å²) in [4.78, 5) is 18.0. The van der Waals surface area contributed by atoms with Crippen molar-refractivity contribution in [1.29, 1.82) is 0 Å². The Balaban J connectivity index is 1.96. The highest BCUT2D eigenvalue weighted by Gasteiger charge is 2.23. The summed E-state index contributed by atoms with van der Waals surface area (Å²) in [6.07, 6.45) is 4.45. The highest BCUT2D eigenvalue weighted by Crippen LogP contribution is 2.14. The first-order chi connectivity index (χ1) is 7.16. The van der Waals surface area contributed by atoms with Crippen LogP contribution in [-0.2, 0) is 18.4 Å². The molecule has 0 bridgehead atoms.